The second kappa shape index (κ2) is 3.21. The van der Waals surface area contributed by atoms with Crippen molar-refractivity contribution in [3.05, 3.63) is 24.0 Å². The first-order valence-corrected chi connectivity index (χ1v) is 3.30. The number of aromatic nitrogens is 1. The van der Waals surface area contributed by atoms with Crippen LogP contribution in [-0.4, -0.2) is 16.1 Å². The van der Waals surface area contributed by atoms with Crippen molar-refractivity contribution in [2.75, 3.05) is 0 Å². The molecule has 1 atom stereocenters. The van der Waals surface area contributed by atoms with E-state index in [1.54, 1.807) is 18.5 Å². The Kier molecular flexibility index (Phi) is 2.28. The van der Waals surface area contributed by atoms with Gasteiger partial charge in [-0.25, -0.2) is 0 Å². The lowest BCUT2D eigenvalue weighted by molar-refractivity contribution is -0.137. The summed E-state index contributed by atoms with van der Waals surface area (Å²) in [6, 6.07) is 1.37. The molecule has 1 rings (SSSR count). The van der Waals surface area contributed by atoms with Crippen LogP contribution >= 0.6 is 0 Å². The van der Waals surface area contributed by atoms with E-state index in [9.17, 15) is 4.79 Å². The quantitative estimate of drug-likeness (QED) is 0.592. The molecule has 1 heterocycles. The van der Waals surface area contributed by atoms with Crippen LogP contribution in [0.25, 0.3) is 0 Å². The van der Waals surface area contributed by atoms with Gasteiger partial charge in [0.15, 0.2) is 0 Å². The molecule has 4 nitrogen and oxygen atoms in total. The van der Waals surface area contributed by atoms with Gasteiger partial charge in [0.05, 0.1) is 6.42 Å². The van der Waals surface area contributed by atoms with Crippen molar-refractivity contribution in [3.63, 3.8) is 0 Å². The summed E-state index contributed by atoms with van der Waals surface area (Å²) in [6.45, 7) is 0. The van der Waals surface area contributed by atoms with Gasteiger partial charge in [-0.3, -0.25) is 4.79 Å². The summed E-state index contributed by atoms with van der Waals surface area (Å²) < 4.78 is 0. The second-order valence-electron chi connectivity index (χ2n) is 2.35. The molecule has 1 aromatic heterocycles. The molecule has 0 aliphatic carbocycles. The molecule has 0 aliphatic rings. The molecule has 0 spiro atoms. The number of rotatable bonds is 3. The fourth-order valence-corrected chi connectivity index (χ4v) is 0.873. The lowest BCUT2D eigenvalue weighted by atomic mass is 10.1. The number of nitrogens with one attached hydrogen (secondary N) is 1. The molecule has 0 amide bonds. The van der Waals surface area contributed by atoms with Crippen LogP contribution in [0.5, 0.6) is 0 Å². The molecule has 1 unspecified atom stereocenters. The lowest BCUT2D eigenvalue weighted by Gasteiger charge is -2.04. The third kappa shape index (κ3) is 2.09. The maximum absolute atomic E-state index is 10.2. The van der Waals surface area contributed by atoms with E-state index in [2.05, 4.69) is 4.98 Å². The minimum absolute atomic E-state index is 0.0299. The van der Waals surface area contributed by atoms with Gasteiger partial charge >= 0.3 is 5.97 Å². The summed E-state index contributed by atoms with van der Waals surface area (Å²) >= 11 is 0. The Labute approximate surface area is 64.0 Å². The van der Waals surface area contributed by atoms with E-state index in [0.29, 0.717) is 0 Å². The fourth-order valence-electron chi connectivity index (χ4n) is 0.873. The van der Waals surface area contributed by atoms with Crippen molar-refractivity contribution in [1.82, 2.24) is 4.98 Å². The van der Waals surface area contributed by atoms with Crippen molar-refractivity contribution in [2.45, 2.75) is 12.5 Å². The van der Waals surface area contributed by atoms with Gasteiger partial charge in [0.1, 0.15) is 0 Å². The number of hydrogen-bond acceptors (Lipinski definition) is 2. The molecule has 0 aliphatic heterocycles. The van der Waals surface area contributed by atoms with Crippen molar-refractivity contribution in [1.29, 1.82) is 0 Å². The van der Waals surface area contributed by atoms with Crippen LogP contribution < -0.4 is 5.73 Å². The Hall–Kier alpha value is -1.29. The van der Waals surface area contributed by atoms with Gasteiger partial charge in [-0.1, -0.05) is 0 Å². The topological polar surface area (TPSA) is 79.1 Å². The van der Waals surface area contributed by atoms with E-state index in [1.165, 1.54) is 0 Å². The smallest absolute Gasteiger partial charge is 0.305 e. The zero-order valence-corrected chi connectivity index (χ0v) is 5.95. The molecule has 1 aromatic rings. The van der Waals surface area contributed by atoms with E-state index in [-0.39, 0.29) is 6.42 Å². The first-order valence-electron chi connectivity index (χ1n) is 3.30. The number of carboxylic acids is 1. The van der Waals surface area contributed by atoms with Crippen molar-refractivity contribution < 1.29 is 9.90 Å². The monoisotopic (exact) mass is 154 g/mol. The summed E-state index contributed by atoms with van der Waals surface area (Å²) in [5.74, 6) is -0.876. The highest BCUT2D eigenvalue weighted by atomic mass is 16.4. The minimum atomic E-state index is -0.876. The molecule has 60 valence electrons. The normalized spacial score (nSPS) is 12.8. The van der Waals surface area contributed by atoms with E-state index in [1.807, 2.05) is 0 Å². The minimum Gasteiger partial charge on any atom is -0.481 e. The molecule has 4 N–H and O–H groups in total. The Morgan fingerprint density at radius 3 is 3.00 bits per heavy atom. The molecule has 0 radical (unpaired) electrons. The Bertz CT molecular complexity index is 231. The van der Waals surface area contributed by atoms with Gasteiger partial charge in [-0.15, -0.1) is 0 Å². The molecule has 0 saturated carbocycles. The molecule has 0 bridgehead atoms. The van der Waals surface area contributed by atoms with Crippen LogP contribution in [0.2, 0.25) is 0 Å². The first kappa shape index (κ1) is 7.81. The highest BCUT2D eigenvalue weighted by molar-refractivity contribution is 5.67. The number of carboxylic acid groups (broad SMARTS) is 1. The number of carbonyl (C=O) groups is 1. The molecule has 0 saturated heterocycles. The summed E-state index contributed by atoms with van der Waals surface area (Å²) in [7, 11) is 0. The molecule has 4 heteroatoms. The SMILES string of the molecule is NC(CC(=O)O)c1cc[nH]c1. The second-order valence-corrected chi connectivity index (χ2v) is 2.35. The standard InChI is InChI=1S/C7H10N2O2/c8-6(3-7(10)11)5-1-2-9-4-5/h1-2,4,6,9H,3,8H2,(H,10,11). The average molecular weight is 154 g/mol. The molecule has 0 aromatic carbocycles. The Balaban J connectivity index is 2.56. The van der Waals surface area contributed by atoms with Crippen molar-refractivity contribution >= 4 is 5.97 Å². The predicted octanol–water partition coefficient (Wildman–Crippen LogP) is 0.489. The summed E-state index contributed by atoms with van der Waals surface area (Å²) in [4.78, 5) is 13.0. The molecule has 11 heavy (non-hydrogen) atoms. The van der Waals surface area contributed by atoms with Crippen molar-refractivity contribution in [3.8, 4) is 0 Å². The van der Waals surface area contributed by atoms with E-state index in [0.717, 1.165) is 5.56 Å². The zero-order chi connectivity index (χ0) is 8.27. The largest absolute Gasteiger partial charge is 0.481 e. The number of aliphatic carboxylic acids is 1. The zero-order valence-electron chi connectivity index (χ0n) is 5.95. The fraction of sp³-hybridized carbons (Fsp3) is 0.286. The van der Waals surface area contributed by atoms with Gasteiger partial charge in [0, 0.05) is 18.4 Å². The van der Waals surface area contributed by atoms with Crippen LogP contribution in [0.1, 0.15) is 18.0 Å². The van der Waals surface area contributed by atoms with Gasteiger partial charge in [0.2, 0.25) is 0 Å². The Morgan fingerprint density at radius 1 is 1.82 bits per heavy atom. The van der Waals surface area contributed by atoms with Gasteiger partial charge in [-0.05, 0) is 11.6 Å². The third-order valence-corrected chi connectivity index (χ3v) is 1.44. The maximum atomic E-state index is 10.2. The van der Waals surface area contributed by atoms with Gasteiger partial charge in [0.25, 0.3) is 0 Å². The van der Waals surface area contributed by atoms with Crippen LogP contribution in [0.4, 0.5) is 0 Å². The summed E-state index contributed by atoms with van der Waals surface area (Å²) in [5, 5.41) is 8.39. The highest BCUT2D eigenvalue weighted by Crippen LogP contribution is 2.11. The maximum Gasteiger partial charge on any atom is 0.305 e. The van der Waals surface area contributed by atoms with E-state index >= 15 is 0 Å². The van der Waals surface area contributed by atoms with Crippen LogP contribution in [0.15, 0.2) is 18.5 Å². The average Bonchev–Trinajstić information content (AvgIpc) is 2.35. The van der Waals surface area contributed by atoms with Gasteiger partial charge in [-0.2, -0.15) is 0 Å². The lowest BCUT2D eigenvalue weighted by Crippen LogP contribution is -2.14. The Morgan fingerprint density at radius 2 is 2.55 bits per heavy atom. The highest BCUT2D eigenvalue weighted by Gasteiger charge is 2.09. The molecule has 0 fully saturated rings. The van der Waals surface area contributed by atoms with Crippen LogP contribution in [0.3, 0.4) is 0 Å². The molecular formula is C7H10N2O2. The van der Waals surface area contributed by atoms with E-state index < -0.39 is 12.0 Å². The third-order valence-electron chi connectivity index (χ3n) is 1.44. The summed E-state index contributed by atoms with van der Waals surface area (Å²) in [5.41, 5.74) is 6.37. The summed E-state index contributed by atoms with van der Waals surface area (Å²) in [6.07, 6.45) is 3.39. The predicted molar refractivity (Wildman–Crippen MR) is 40.0 cm³/mol. The number of aromatic amines is 1. The molecular weight excluding hydrogens is 144 g/mol. The van der Waals surface area contributed by atoms with E-state index in [4.69, 9.17) is 10.8 Å². The number of nitrogens with two attached hydrogens (primary N) is 1. The van der Waals surface area contributed by atoms with Crippen LogP contribution in [0, 0.1) is 0 Å². The number of hydrogen-bond donors (Lipinski definition) is 3. The number of H-pyrrole nitrogens is 1. The van der Waals surface area contributed by atoms with Crippen molar-refractivity contribution in [2.24, 2.45) is 5.73 Å². The van der Waals surface area contributed by atoms with Gasteiger partial charge < -0.3 is 15.8 Å². The first-order chi connectivity index (χ1) is 5.20. The van der Waals surface area contributed by atoms with Crippen LogP contribution in [-0.2, 0) is 4.79 Å².